The molecule has 0 amide bonds. The van der Waals surface area contributed by atoms with Gasteiger partial charge in [0.25, 0.3) is 0 Å². The average molecular weight is 489 g/mol. The van der Waals surface area contributed by atoms with Crippen molar-refractivity contribution in [3.8, 4) is 11.4 Å². The number of aliphatic hydroxyl groups excluding tert-OH is 1. The zero-order valence-corrected chi connectivity index (χ0v) is 20.0. The zero-order valence-electron chi connectivity index (χ0n) is 20.0. The van der Waals surface area contributed by atoms with Crippen LogP contribution in [0.15, 0.2) is 55.0 Å². The van der Waals surface area contributed by atoms with Gasteiger partial charge in [0.15, 0.2) is 5.65 Å². The van der Waals surface area contributed by atoms with Crippen molar-refractivity contribution < 1.29 is 9.50 Å². The Balaban J connectivity index is 1.29. The number of hydrogen-bond acceptors (Lipinski definition) is 8. The highest BCUT2D eigenvalue weighted by Crippen LogP contribution is 2.35. The van der Waals surface area contributed by atoms with Crippen molar-refractivity contribution >= 4 is 17.3 Å². The number of piperazine rings is 1. The molecule has 0 saturated carbocycles. The smallest absolute Gasteiger partial charge is 0.154 e. The molecule has 6 rings (SSSR count). The monoisotopic (exact) mass is 488 g/mol. The van der Waals surface area contributed by atoms with E-state index in [1.165, 1.54) is 6.07 Å². The van der Waals surface area contributed by atoms with Crippen LogP contribution >= 0.6 is 0 Å². The number of aliphatic hydroxyl groups is 1. The lowest BCUT2D eigenvalue weighted by Gasteiger charge is -2.34. The number of benzene rings is 1. The molecule has 1 aromatic carbocycles. The molecule has 9 nitrogen and oxygen atoms in total. The Labute approximate surface area is 208 Å². The van der Waals surface area contributed by atoms with Gasteiger partial charge in [0.05, 0.1) is 31.2 Å². The predicted molar refractivity (Wildman–Crippen MR) is 135 cm³/mol. The van der Waals surface area contributed by atoms with Gasteiger partial charge in [-0.1, -0.05) is 12.1 Å². The molecular formula is C26H29FN8O. The summed E-state index contributed by atoms with van der Waals surface area (Å²) in [6.07, 6.45) is 7.30. The normalized spacial score (nSPS) is 18.9. The first-order valence-corrected chi connectivity index (χ1v) is 12.5. The second-order valence-corrected chi connectivity index (χ2v) is 9.33. The van der Waals surface area contributed by atoms with E-state index in [-0.39, 0.29) is 18.5 Å². The van der Waals surface area contributed by atoms with Crippen LogP contribution in [0, 0.1) is 5.82 Å². The highest BCUT2D eigenvalue weighted by atomic mass is 19.1. The lowest BCUT2D eigenvalue weighted by Crippen LogP contribution is -2.47. The van der Waals surface area contributed by atoms with Crippen LogP contribution in [0.1, 0.15) is 24.4 Å². The van der Waals surface area contributed by atoms with Gasteiger partial charge < -0.3 is 14.9 Å². The number of anilines is 2. The molecule has 10 heteroatoms. The zero-order chi connectivity index (χ0) is 24.5. The molecule has 1 unspecified atom stereocenters. The van der Waals surface area contributed by atoms with Crippen LogP contribution in [0.25, 0.3) is 17.0 Å². The fourth-order valence-electron chi connectivity index (χ4n) is 5.27. The van der Waals surface area contributed by atoms with E-state index in [0.717, 1.165) is 74.1 Å². The second kappa shape index (κ2) is 9.79. The Morgan fingerprint density at radius 2 is 1.86 bits per heavy atom. The van der Waals surface area contributed by atoms with Gasteiger partial charge in [-0.05, 0) is 42.7 Å². The molecule has 1 atom stereocenters. The summed E-state index contributed by atoms with van der Waals surface area (Å²) >= 11 is 0. The van der Waals surface area contributed by atoms with Crippen molar-refractivity contribution in [2.45, 2.75) is 18.9 Å². The number of imidazole rings is 1. The van der Waals surface area contributed by atoms with E-state index in [9.17, 15) is 9.50 Å². The lowest BCUT2D eigenvalue weighted by molar-refractivity contribution is 0.188. The van der Waals surface area contributed by atoms with Crippen LogP contribution < -0.4 is 9.80 Å². The molecule has 2 saturated heterocycles. The van der Waals surface area contributed by atoms with Crippen molar-refractivity contribution in [2.75, 3.05) is 55.7 Å². The highest BCUT2D eigenvalue weighted by molar-refractivity contribution is 5.61. The quantitative estimate of drug-likeness (QED) is 0.444. The molecule has 36 heavy (non-hydrogen) atoms. The van der Waals surface area contributed by atoms with Gasteiger partial charge in [0.1, 0.15) is 28.8 Å². The number of nitrogens with zero attached hydrogens (tertiary/aromatic N) is 8. The number of halogens is 1. The first-order chi connectivity index (χ1) is 17.7. The number of rotatable bonds is 6. The standard InChI is InChI=1S/C26H29FN8O/c27-20-4-1-3-19(15-20)22-5-2-8-34(22)25-7-6-24-29-17-23(35(24)31-25)21-16-28-18-26(30-21)33-11-9-32(10-12-33)13-14-36/h1,3-4,6-7,15-18,22,36H,2,5,8-14H2. The van der Waals surface area contributed by atoms with Crippen LogP contribution in [-0.2, 0) is 0 Å². The largest absolute Gasteiger partial charge is 0.395 e. The van der Waals surface area contributed by atoms with Gasteiger partial charge in [-0.2, -0.15) is 0 Å². The van der Waals surface area contributed by atoms with Gasteiger partial charge in [0, 0.05) is 39.3 Å². The van der Waals surface area contributed by atoms with Gasteiger partial charge in [-0.25, -0.2) is 18.9 Å². The van der Waals surface area contributed by atoms with Gasteiger partial charge in [0.2, 0.25) is 0 Å². The number of aromatic nitrogens is 5. The Hall–Kier alpha value is -3.63. The summed E-state index contributed by atoms with van der Waals surface area (Å²) < 4.78 is 15.7. The molecule has 1 N–H and O–H groups in total. The van der Waals surface area contributed by atoms with Gasteiger partial charge in [-0.3, -0.25) is 9.88 Å². The number of β-amino-alcohol motifs (C(OH)–C–C–N with tert-alkyl or cyclic N) is 1. The molecule has 0 spiro atoms. The van der Waals surface area contributed by atoms with Crippen LogP contribution in [0.5, 0.6) is 0 Å². The van der Waals surface area contributed by atoms with E-state index in [4.69, 9.17) is 10.1 Å². The van der Waals surface area contributed by atoms with Crippen molar-refractivity contribution in [3.63, 3.8) is 0 Å². The first-order valence-electron chi connectivity index (χ1n) is 12.5. The maximum atomic E-state index is 13.9. The Kier molecular flexibility index (Phi) is 6.20. The highest BCUT2D eigenvalue weighted by Gasteiger charge is 2.28. The van der Waals surface area contributed by atoms with E-state index in [1.807, 2.05) is 22.7 Å². The molecular weight excluding hydrogens is 459 g/mol. The van der Waals surface area contributed by atoms with Crippen molar-refractivity contribution in [3.05, 3.63) is 66.4 Å². The second-order valence-electron chi connectivity index (χ2n) is 9.33. The summed E-state index contributed by atoms with van der Waals surface area (Å²) in [5, 5.41) is 14.1. The summed E-state index contributed by atoms with van der Waals surface area (Å²) in [5.74, 6) is 1.44. The minimum atomic E-state index is -0.215. The van der Waals surface area contributed by atoms with Crippen LogP contribution in [0.3, 0.4) is 0 Å². The Morgan fingerprint density at radius 3 is 2.69 bits per heavy atom. The molecule has 0 bridgehead atoms. The summed E-state index contributed by atoms with van der Waals surface area (Å²) in [5.41, 5.74) is 3.20. The third kappa shape index (κ3) is 4.38. The molecule has 2 aliphatic heterocycles. The third-order valence-corrected chi connectivity index (χ3v) is 7.13. The predicted octanol–water partition coefficient (Wildman–Crippen LogP) is 2.78. The number of hydrogen-bond donors (Lipinski definition) is 1. The van der Waals surface area contributed by atoms with Crippen LogP contribution in [-0.4, -0.2) is 80.4 Å². The number of fused-ring (bicyclic) bond motifs is 1. The van der Waals surface area contributed by atoms with Gasteiger partial charge in [-0.15, -0.1) is 5.10 Å². The fraction of sp³-hybridized carbons (Fsp3) is 0.385. The Morgan fingerprint density at radius 1 is 0.972 bits per heavy atom. The van der Waals surface area contributed by atoms with Crippen molar-refractivity contribution in [1.29, 1.82) is 0 Å². The van der Waals surface area contributed by atoms with Gasteiger partial charge >= 0.3 is 0 Å². The molecule has 186 valence electrons. The van der Waals surface area contributed by atoms with E-state index >= 15 is 0 Å². The molecule has 2 fully saturated rings. The van der Waals surface area contributed by atoms with Crippen molar-refractivity contribution in [2.24, 2.45) is 0 Å². The Bertz CT molecular complexity index is 1350. The maximum absolute atomic E-state index is 13.9. The van der Waals surface area contributed by atoms with Crippen molar-refractivity contribution in [1.82, 2.24) is 29.5 Å². The summed E-state index contributed by atoms with van der Waals surface area (Å²) in [6, 6.07) is 10.9. The minimum Gasteiger partial charge on any atom is -0.395 e. The molecule has 0 radical (unpaired) electrons. The SMILES string of the molecule is OCCN1CCN(c2cncc(-c3cnc4ccc(N5CCCC5c5cccc(F)c5)nn34)n2)CC1. The minimum absolute atomic E-state index is 0.0882. The van der Waals surface area contributed by atoms with E-state index < -0.39 is 0 Å². The molecule has 3 aromatic heterocycles. The van der Waals surface area contributed by atoms with E-state index in [0.29, 0.717) is 12.2 Å². The summed E-state index contributed by atoms with van der Waals surface area (Å²) in [7, 11) is 0. The van der Waals surface area contributed by atoms with Crippen LogP contribution in [0.2, 0.25) is 0 Å². The van der Waals surface area contributed by atoms with E-state index in [1.54, 1.807) is 30.7 Å². The molecule has 0 aliphatic carbocycles. The first kappa shape index (κ1) is 22.8. The molecule has 5 heterocycles. The maximum Gasteiger partial charge on any atom is 0.154 e. The van der Waals surface area contributed by atoms with Crippen LogP contribution in [0.4, 0.5) is 16.0 Å². The topological polar surface area (TPSA) is 85.9 Å². The third-order valence-electron chi connectivity index (χ3n) is 7.13. The molecule has 2 aliphatic rings. The summed E-state index contributed by atoms with van der Waals surface area (Å²) in [4.78, 5) is 20.6. The fourth-order valence-corrected chi connectivity index (χ4v) is 5.27. The average Bonchev–Trinajstić information content (AvgIpc) is 3.57. The summed E-state index contributed by atoms with van der Waals surface area (Å²) in [6.45, 7) is 5.19. The lowest BCUT2D eigenvalue weighted by atomic mass is 10.0. The molecule has 4 aromatic rings. The van der Waals surface area contributed by atoms with E-state index in [2.05, 4.69) is 24.7 Å².